The van der Waals surface area contributed by atoms with E-state index in [0.717, 1.165) is 11.1 Å². The topological polar surface area (TPSA) is 95.0 Å². The molecular weight excluding hydrogens is 559 g/mol. The fraction of sp³-hybridized carbons (Fsp3) is 0.517. The number of carboxylic acid groups (broad SMARTS) is 1. The van der Waals surface area contributed by atoms with Gasteiger partial charge in [-0.1, -0.05) is 61.3 Å². The maximum absolute atomic E-state index is 14.4. The second-order valence-corrected chi connectivity index (χ2v) is 14.3. The lowest BCUT2D eigenvalue weighted by Gasteiger charge is -2.52. The van der Waals surface area contributed by atoms with Crippen molar-refractivity contribution < 1.29 is 23.1 Å². The number of aliphatic carboxylic acids is 1. The van der Waals surface area contributed by atoms with Gasteiger partial charge < -0.3 is 10.0 Å². The van der Waals surface area contributed by atoms with Gasteiger partial charge in [0.15, 0.2) is 0 Å². The highest BCUT2D eigenvalue weighted by Crippen LogP contribution is 2.52. The van der Waals surface area contributed by atoms with Crippen LogP contribution in [-0.2, 0) is 19.6 Å². The van der Waals surface area contributed by atoms with Crippen molar-refractivity contribution >= 4 is 45.1 Å². The van der Waals surface area contributed by atoms with Crippen LogP contribution in [0.3, 0.4) is 0 Å². The van der Waals surface area contributed by atoms with Crippen molar-refractivity contribution in [2.75, 3.05) is 13.6 Å². The molecule has 0 bridgehead atoms. The highest BCUT2D eigenvalue weighted by atomic mass is 35.5. The molecular formula is C29H36Cl2N2O5S. The first-order valence-corrected chi connectivity index (χ1v) is 15.6. The zero-order valence-corrected chi connectivity index (χ0v) is 24.8. The van der Waals surface area contributed by atoms with Gasteiger partial charge in [-0.3, -0.25) is 9.59 Å². The van der Waals surface area contributed by atoms with Crippen molar-refractivity contribution in [1.29, 1.82) is 0 Å². The third-order valence-corrected chi connectivity index (χ3v) is 11.0. The van der Waals surface area contributed by atoms with Gasteiger partial charge in [-0.2, -0.15) is 0 Å². The van der Waals surface area contributed by atoms with Gasteiger partial charge in [0, 0.05) is 47.4 Å². The second-order valence-electron chi connectivity index (χ2n) is 11.1. The van der Waals surface area contributed by atoms with E-state index in [9.17, 15) is 23.1 Å². The van der Waals surface area contributed by atoms with E-state index < -0.39 is 33.5 Å². The Morgan fingerprint density at radius 3 is 2.36 bits per heavy atom. The number of nitrogens with zero attached hydrogens (tertiary/aromatic N) is 2. The lowest BCUT2D eigenvalue weighted by Crippen LogP contribution is -2.58. The Labute approximate surface area is 241 Å². The van der Waals surface area contributed by atoms with Crippen LogP contribution < -0.4 is 0 Å². The molecule has 2 aromatic rings. The van der Waals surface area contributed by atoms with Gasteiger partial charge in [0.1, 0.15) is 0 Å². The predicted molar refractivity (Wildman–Crippen MR) is 153 cm³/mol. The van der Waals surface area contributed by atoms with Crippen LogP contribution in [0.25, 0.3) is 0 Å². The summed E-state index contributed by atoms with van der Waals surface area (Å²) in [7, 11) is -1.87. The van der Waals surface area contributed by atoms with Crippen molar-refractivity contribution in [2.24, 2.45) is 5.41 Å². The number of carbonyl (C=O) groups excluding carboxylic acids is 1. The molecule has 1 N–H and O–H groups in total. The van der Waals surface area contributed by atoms with E-state index in [1.54, 1.807) is 25.2 Å². The zero-order chi connectivity index (χ0) is 28.5. The maximum Gasteiger partial charge on any atom is 0.303 e. The van der Waals surface area contributed by atoms with Crippen LogP contribution in [0.5, 0.6) is 0 Å². The molecule has 1 heterocycles. The normalized spacial score (nSPS) is 24.7. The van der Waals surface area contributed by atoms with E-state index in [2.05, 4.69) is 0 Å². The number of carbonyl (C=O) groups is 2. The molecule has 1 saturated carbocycles. The van der Waals surface area contributed by atoms with Crippen LogP contribution in [0.2, 0.25) is 10.0 Å². The lowest BCUT2D eigenvalue weighted by molar-refractivity contribution is -0.156. The number of rotatable bonds is 11. The maximum atomic E-state index is 14.4. The van der Waals surface area contributed by atoms with Gasteiger partial charge in [0.2, 0.25) is 15.9 Å². The van der Waals surface area contributed by atoms with Gasteiger partial charge in [0.05, 0.1) is 11.3 Å². The van der Waals surface area contributed by atoms with Crippen molar-refractivity contribution in [3.05, 3.63) is 69.7 Å². The number of likely N-dealkylation sites (tertiary alicyclic amines) is 1. The van der Waals surface area contributed by atoms with Gasteiger partial charge in [-0.15, -0.1) is 0 Å². The first kappa shape index (κ1) is 29.8. The Kier molecular flexibility index (Phi) is 9.01. The molecule has 1 amide bonds. The number of carboxylic acids is 1. The smallest absolute Gasteiger partial charge is 0.303 e. The Bertz CT molecular complexity index is 1320. The van der Waals surface area contributed by atoms with E-state index in [1.807, 2.05) is 49.1 Å². The summed E-state index contributed by atoms with van der Waals surface area (Å²) in [5, 5.41) is 10.3. The molecule has 0 spiro atoms. The molecule has 1 aliphatic heterocycles. The van der Waals surface area contributed by atoms with Crippen LogP contribution >= 0.6 is 23.2 Å². The third-order valence-electron chi connectivity index (χ3n) is 8.19. The molecule has 4 atom stereocenters. The largest absolute Gasteiger partial charge is 0.481 e. The zero-order valence-electron chi connectivity index (χ0n) is 22.5. The van der Waals surface area contributed by atoms with Crippen LogP contribution in [0.4, 0.5) is 0 Å². The van der Waals surface area contributed by atoms with E-state index in [0.29, 0.717) is 35.7 Å². The number of likely N-dealkylation sites (N-methyl/N-ethyl adjacent to an activating group) is 1. The number of hydrogen-bond donors (Lipinski definition) is 1. The number of amides is 1. The van der Waals surface area contributed by atoms with E-state index in [4.69, 9.17) is 23.2 Å². The van der Waals surface area contributed by atoms with Crippen LogP contribution in [0.1, 0.15) is 75.5 Å². The van der Waals surface area contributed by atoms with E-state index in [-0.39, 0.29) is 36.5 Å². The molecule has 4 rings (SSSR count). The molecule has 2 aromatic carbocycles. The molecule has 10 heteroatoms. The number of benzene rings is 2. The van der Waals surface area contributed by atoms with Crippen molar-refractivity contribution in [3.8, 4) is 0 Å². The summed E-state index contributed by atoms with van der Waals surface area (Å²) in [5.74, 6) is -1.33. The molecule has 1 saturated heterocycles. The highest BCUT2D eigenvalue weighted by Gasteiger charge is 2.52. The first-order valence-electron chi connectivity index (χ1n) is 13.4. The Morgan fingerprint density at radius 2 is 1.79 bits per heavy atom. The molecule has 0 radical (unpaired) electrons. The molecule has 2 fully saturated rings. The summed E-state index contributed by atoms with van der Waals surface area (Å²) in [4.78, 5) is 27.9. The quantitative estimate of drug-likeness (QED) is 0.338. The van der Waals surface area contributed by atoms with Crippen molar-refractivity contribution in [1.82, 2.24) is 9.21 Å². The van der Waals surface area contributed by atoms with Gasteiger partial charge >= 0.3 is 5.97 Å². The number of halogens is 2. The first-order chi connectivity index (χ1) is 18.4. The molecule has 0 aromatic heterocycles. The average Bonchev–Trinajstić information content (AvgIpc) is 3.75. The van der Waals surface area contributed by atoms with Gasteiger partial charge in [-0.25, -0.2) is 12.7 Å². The minimum atomic E-state index is -3.45. The van der Waals surface area contributed by atoms with Gasteiger partial charge in [-0.05, 0) is 67.5 Å². The third kappa shape index (κ3) is 6.45. The molecule has 39 heavy (non-hydrogen) atoms. The number of hydrogen-bond acceptors (Lipinski definition) is 4. The fourth-order valence-electron chi connectivity index (χ4n) is 5.83. The number of sulfonamides is 1. The summed E-state index contributed by atoms with van der Waals surface area (Å²) in [6.45, 7) is 3.94. The average molecular weight is 596 g/mol. The predicted octanol–water partition coefficient (Wildman–Crippen LogP) is 6.12. The molecule has 2 aliphatic rings. The minimum Gasteiger partial charge on any atom is -0.481 e. The monoisotopic (exact) mass is 594 g/mol. The second kappa shape index (κ2) is 11.8. The number of piperidine rings is 1. The molecule has 7 nitrogen and oxygen atoms in total. The van der Waals surface area contributed by atoms with Crippen molar-refractivity contribution in [2.45, 2.75) is 75.6 Å². The van der Waals surface area contributed by atoms with Crippen LogP contribution in [0, 0.1) is 5.41 Å². The standard InChI is InChI=1S/C29H36Cl2N2O5S/c1-4-23(18-32(3)39(37,38)24-12-13-24)33-27(19-8-10-21(30)11-9-19)25(20-6-5-7-22(31)16-20)17-29(2,28(33)36)15-14-26(34)35/h5-11,16,23-25,27H,4,12-15,17-18H2,1-3H3,(H,34,35)/t23-,25?,27?,29-/m0/s1. The van der Waals surface area contributed by atoms with E-state index in [1.165, 1.54) is 4.31 Å². The van der Waals surface area contributed by atoms with E-state index >= 15 is 0 Å². The summed E-state index contributed by atoms with van der Waals surface area (Å²) in [5.41, 5.74) is 0.856. The Hall–Kier alpha value is -2.13. The van der Waals surface area contributed by atoms with Gasteiger partial charge in [0.25, 0.3) is 0 Å². The van der Waals surface area contributed by atoms with Crippen LogP contribution in [-0.4, -0.2) is 59.5 Å². The molecule has 212 valence electrons. The Morgan fingerprint density at radius 1 is 1.13 bits per heavy atom. The molecule has 1 aliphatic carbocycles. The summed E-state index contributed by atoms with van der Waals surface area (Å²) in [6.07, 6.45) is 2.30. The van der Waals surface area contributed by atoms with Crippen LogP contribution in [0.15, 0.2) is 48.5 Å². The summed E-state index contributed by atoms with van der Waals surface area (Å²) in [6, 6.07) is 14.1. The lowest BCUT2D eigenvalue weighted by atomic mass is 9.66. The minimum absolute atomic E-state index is 0.142. The SMILES string of the molecule is CC[C@@H](CN(C)S(=O)(=O)C1CC1)N1C(=O)[C@@](C)(CCC(=O)O)CC(c2cccc(Cl)c2)C1c1ccc(Cl)cc1. The highest BCUT2D eigenvalue weighted by molar-refractivity contribution is 7.90. The summed E-state index contributed by atoms with van der Waals surface area (Å²) >= 11 is 12.6. The summed E-state index contributed by atoms with van der Waals surface area (Å²) < 4.78 is 27.5. The van der Waals surface area contributed by atoms with Crippen molar-refractivity contribution in [3.63, 3.8) is 0 Å². The molecule has 2 unspecified atom stereocenters. The fourth-order valence-corrected chi connectivity index (χ4v) is 7.77. The Balaban J connectivity index is 1.85.